The van der Waals surface area contributed by atoms with Crippen LogP contribution in [0.15, 0.2) is 51.6 Å². The van der Waals surface area contributed by atoms with E-state index in [1.54, 1.807) is 19.2 Å². The molecule has 1 aromatic heterocycles. The zero-order valence-corrected chi connectivity index (χ0v) is 13.6. The molecule has 1 heterocycles. The molecular formula is C16H18BrNO3. The maximum atomic E-state index is 12.1. The predicted molar refractivity (Wildman–Crippen MR) is 84.2 cm³/mol. The van der Waals surface area contributed by atoms with Crippen LogP contribution in [-0.4, -0.2) is 19.6 Å². The summed E-state index contributed by atoms with van der Waals surface area (Å²) in [6.07, 6.45) is 0.746. The molecule has 1 unspecified atom stereocenters. The average molecular weight is 352 g/mol. The van der Waals surface area contributed by atoms with Gasteiger partial charge in [0.15, 0.2) is 10.4 Å². The number of furan rings is 1. The molecule has 0 bridgehead atoms. The summed E-state index contributed by atoms with van der Waals surface area (Å²) in [5, 5.41) is 2.88. The van der Waals surface area contributed by atoms with E-state index < -0.39 is 5.60 Å². The lowest BCUT2D eigenvalue weighted by Gasteiger charge is -2.32. The first-order valence-electron chi connectivity index (χ1n) is 6.75. The Labute approximate surface area is 132 Å². The highest BCUT2D eigenvalue weighted by molar-refractivity contribution is 9.10. The van der Waals surface area contributed by atoms with Gasteiger partial charge in [-0.3, -0.25) is 4.79 Å². The molecule has 1 atom stereocenters. The highest BCUT2D eigenvalue weighted by atomic mass is 79.9. The Morgan fingerprint density at radius 3 is 2.52 bits per heavy atom. The van der Waals surface area contributed by atoms with Crippen molar-refractivity contribution in [1.82, 2.24) is 5.32 Å². The maximum Gasteiger partial charge on any atom is 0.287 e. The summed E-state index contributed by atoms with van der Waals surface area (Å²) in [5.74, 6) is 0.0162. The number of carbonyl (C=O) groups excluding carboxylic acids is 1. The molecule has 1 amide bonds. The molecule has 21 heavy (non-hydrogen) atoms. The van der Waals surface area contributed by atoms with E-state index in [4.69, 9.17) is 9.15 Å². The number of methoxy groups -OCH3 is 1. The summed E-state index contributed by atoms with van der Waals surface area (Å²) in [6.45, 7) is 2.41. The van der Waals surface area contributed by atoms with E-state index in [2.05, 4.69) is 21.2 Å². The Hall–Kier alpha value is -1.59. The molecule has 0 radical (unpaired) electrons. The lowest BCUT2D eigenvalue weighted by molar-refractivity contribution is -0.0166. The van der Waals surface area contributed by atoms with Crippen LogP contribution in [-0.2, 0) is 10.3 Å². The second-order valence-electron chi connectivity index (χ2n) is 4.70. The largest absolute Gasteiger partial charge is 0.444 e. The lowest BCUT2D eigenvalue weighted by atomic mass is 9.90. The summed E-state index contributed by atoms with van der Waals surface area (Å²) >= 11 is 3.18. The Bertz CT molecular complexity index is 591. The van der Waals surface area contributed by atoms with Crippen LogP contribution in [0.5, 0.6) is 0 Å². The van der Waals surface area contributed by atoms with Crippen LogP contribution in [0.1, 0.15) is 29.5 Å². The molecule has 0 aliphatic rings. The number of ether oxygens (including phenoxy) is 1. The molecule has 112 valence electrons. The van der Waals surface area contributed by atoms with E-state index in [-0.39, 0.29) is 11.7 Å². The smallest absolute Gasteiger partial charge is 0.287 e. The van der Waals surface area contributed by atoms with Crippen LogP contribution in [0.4, 0.5) is 0 Å². The van der Waals surface area contributed by atoms with E-state index in [1.807, 2.05) is 37.3 Å². The van der Waals surface area contributed by atoms with Crippen molar-refractivity contribution in [3.8, 4) is 0 Å². The minimum absolute atomic E-state index is 0.258. The van der Waals surface area contributed by atoms with E-state index >= 15 is 0 Å². The second kappa shape index (κ2) is 6.91. The Morgan fingerprint density at radius 2 is 2.00 bits per heavy atom. The molecule has 4 nitrogen and oxygen atoms in total. The van der Waals surface area contributed by atoms with Gasteiger partial charge in [-0.25, -0.2) is 0 Å². The Kier molecular flexibility index (Phi) is 5.20. The molecule has 0 saturated heterocycles. The zero-order chi connectivity index (χ0) is 15.3. The average Bonchev–Trinajstić information content (AvgIpc) is 2.96. The van der Waals surface area contributed by atoms with Gasteiger partial charge in [-0.15, -0.1) is 0 Å². The fourth-order valence-corrected chi connectivity index (χ4v) is 2.56. The van der Waals surface area contributed by atoms with E-state index in [0.29, 0.717) is 11.2 Å². The molecule has 0 aliphatic carbocycles. The van der Waals surface area contributed by atoms with Crippen molar-refractivity contribution < 1.29 is 13.9 Å². The van der Waals surface area contributed by atoms with Crippen LogP contribution in [0.25, 0.3) is 0 Å². The van der Waals surface area contributed by atoms with Crippen LogP contribution in [0, 0.1) is 0 Å². The quantitative estimate of drug-likeness (QED) is 0.862. The monoisotopic (exact) mass is 351 g/mol. The van der Waals surface area contributed by atoms with Gasteiger partial charge < -0.3 is 14.5 Å². The minimum Gasteiger partial charge on any atom is -0.444 e. The fraction of sp³-hybridized carbons (Fsp3) is 0.312. The molecule has 2 aromatic rings. The first kappa shape index (κ1) is 15.8. The summed E-state index contributed by atoms with van der Waals surface area (Å²) < 4.78 is 11.5. The number of carbonyl (C=O) groups is 1. The highest BCUT2D eigenvalue weighted by Gasteiger charge is 2.31. The topological polar surface area (TPSA) is 51.5 Å². The van der Waals surface area contributed by atoms with Crippen molar-refractivity contribution in [3.05, 3.63) is 58.5 Å². The van der Waals surface area contributed by atoms with Crippen molar-refractivity contribution in [2.24, 2.45) is 0 Å². The van der Waals surface area contributed by atoms with Crippen molar-refractivity contribution >= 4 is 21.8 Å². The third-order valence-electron chi connectivity index (χ3n) is 3.59. The van der Waals surface area contributed by atoms with Gasteiger partial charge in [0, 0.05) is 7.11 Å². The molecular weight excluding hydrogens is 334 g/mol. The third-order valence-corrected chi connectivity index (χ3v) is 4.02. The second-order valence-corrected chi connectivity index (χ2v) is 5.49. The van der Waals surface area contributed by atoms with Crippen LogP contribution >= 0.6 is 15.9 Å². The molecule has 0 spiro atoms. The van der Waals surface area contributed by atoms with Crippen molar-refractivity contribution in [2.75, 3.05) is 13.7 Å². The van der Waals surface area contributed by atoms with Crippen LogP contribution in [0.3, 0.4) is 0 Å². The highest BCUT2D eigenvalue weighted by Crippen LogP contribution is 2.28. The number of nitrogens with one attached hydrogen (secondary N) is 1. The molecule has 0 fully saturated rings. The van der Waals surface area contributed by atoms with Crippen molar-refractivity contribution in [2.45, 2.75) is 18.9 Å². The standard InChI is InChI=1S/C16H18BrNO3/c1-3-16(20-2,12-7-5-4-6-8-12)11-18-15(19)13-9-10-14(17)21-13/h4-10H,3,11H2,1-2H3,(H,18,19). The summed E-state index contributed by atoms with van der Waals surface area (Å²) in [7, 11) is 1.66. The van der Waals surface area contributed by atoms with Crippen LogP contribution < -0.4 is 5.32 Å². The first-order chi connectivity index (χ1) is 10.1. The van der Waals surface area contributed by atoms with E-state index in [9.17, 15) is 4.79 Å². The lowest BCUT2D eigenvalue weighted by Crippen LogP contribution is -2.41. The first-order valence-corrected chi connectivity index (χ1v) is 7.55. The Balaban J connectivity index is 2.12. The van der Waals surface area contributed by atoms with Crippen LogP contribution in [0.2, 0.25) is 0 Å². The number of hydrogen-bond acceptors (Lipinski definition) is 3. The van der Waals surface area contributed by atoms with Gasteiger partial charge in [-0.05, 0) is 40.0 Å². The summed E-state index contributed by atoms with van der Waals surface area (Å²) in [4.78, 5) is 12.1. The fourth-order valence-electron chi connectivity index (χ4n) is 2.25. The van der Waals surface area contributed by atoms with E-state index in [1.165, 1.54) is 0 Å². The predicted octanol–water partition coefficient (Wildman–Crippen LogP) is 3.72. The SMILES string of the molecule is CCC(CNC(=O)c1ccc(Br)o1)(OC)c1ccccc1. The van der Waals surface area contributed by atoms with Gasteiger partial charge in [-0.2, -0.15) is 0 Å². The normalized spacial score (nSPS) is 13.7. The molecule has 0 aliphatic heterocycles. The van der Waals surface area contributed by atoms with Gasteiger partial charge in [0.1, 0.15) is 5.60 Å². The van der Waals surface area contributed by atoms with Gasteiger partial charge >= 0.3 is 0 Å². The number of rotatable bonds is 6. The molecule has 5 heteroatoms. The van der Waals surface area contributed by atoms with Gasteiger partial charge in [0.2, 0.25) is 0 Å². The minimum atomic E-state index is -0.541. The number of hydrogen-bond donors (Lipinski definition) is 1. The third kappa shape index (κ3) is 3.54. The molecule has 1 N–H and O–H groups in total. The van der Waals surface area contributed by atoms with Gasteiger partial charge in [0.05, 0.1) is 6.54 Å². The number of halogens is 1. The number of benzene rings is 1. The molecule has 1 aromatic carbocycles. The van der Waals surface area contributed by atoms with Crippen molar-refractivity contribution in [3.63, 3.8) is 0 Å². The zero-order valence-electron chi connectivity index (χ0n) is 12.1. The molecule has 0 saturated carbocycles. The number of amides is 1. The Morgan fingerprint density at radius 1 is 1.29 bits per heavy atom. The van der Waals surface area contributed by atoms with E-state index in [0.717, 1.165) is 12.0 Å². The van der Waals surface area contributed by atoms with Crippen molar-refractivity contribution in [1.29, 1.82) is 0 Å². The maximum absolute atomic E-state index is 12.1. The van der Waals surface area contributed by atoms with Gasteiger partial charge in [-0.1, -0.05) is 37.3 Å². The summed E-state index contributed by atoms with van der Waals surface area (Å²) in [5.41, 5.74) is 0.497. The van der Waals surface area contributed by atoms with Gasteiger partial charge in [0.25, 0.3) is 5.91 Å². The summed E-state index contributed by atoms with van der Waals surface area (Å²) in [6, 6.07) is 13.2. The molecule has 2 rings (SSSR count).